The maximum absolute atomic E-state index is 11.7. The third-order valence-corrected chi connectivity index (χ3v) is 5.46. The van der Waals surface area contributed by atoms with Crippen LogP contribution in [0.15, 0.2) is 36.4 Å². The fraction of sp³-hybridized carbons (Fsp3) is 0.263. The van der Waals surface area contributed by atoms with Crippen molar-refractivity contribution in [3.8, 4) is 10.6 Å². The SMILES string of the molecule is Cc1ccc2nc(-c3cc(C(N)=O)ccc3N3CCOCC3)sc2c1. The van der Waals surface area contributed by atoms with Crippen LogP contribution in [-0.2, 0) is 4.74 Å². The van der Waals surface area contributed by atoms with Crippen LogP contribution >= 0.6 is 11.3 Å². The van der Waals surface area contributed by atoms with Gasteiger partial charge in [-0.2, -0.15) is 0 Å². The van der Waals surface area contributed by atoms with E-state index in [-0.39, 0.29) is 0 Å². The molecule has 1 aromatic heterocycles. The molecule has 1 amide bonds. The average Bonchev–Trinajstić information content (AvgIpc) is 3.05. The Hall–Kier alpha value is -2.44. The highest BCUT2D eigenvalue weighted by atomic mass is 32.1. The third-order valence-electron chi connectivity index (χ3n) is 4.41. The molecule has 128 valence electrons. The normalized spacial score (nSPS) is 14.8. The Morgan fingerprint density at radius 1 is 1.20 bits per heavy atom. The third kappa shape index (κ3) is 3.10. The summed E-state index contributed by atoms with van der Waals surface area (Å²) in [5.41, 5.74) is 10.2. The molecule has 1 saturated heterocycles. The number of hydrogen-bond donors (Lipinski definition) is 1. The summed E-state index contributed by atoms with van der Waals surface area (Å²) in [5.74, 6) is -0.424. The van der Waals surface area contributed by atoms with Crippen LogP contribution in [0.1, 0.15) is 15.9 Å². The molecule has 0 bridgehead atoms. The van der Waals surface area contributed by atoms with Crippen LogP contribution in [0, 0.1) is 6.92 Å². The molecule has 0 saturated carbocycles. The van der Waals surface area contributed by atoms with Crippen molar-refractivity contribution in [2.45, 2.75) is 6.92 Å². The van der Waals surface area contributed by atoms with E-state index in [2.05, 4.69) is 24.0 Å². The van der Waals surface area contributed by atoms with E-state index in [0.717, 1.165) is 39.6 Å². The van der Waals surface area contributed by atoms with Gasteiger partial charge in [-0.05, 0) is 42.8 Å². The zero-order valence-corrected chi connectivity index (χ0v) is 14.8. The first kappa shape index (κ1) is 16.1. The zero-order chi connectivity index (χ0) is 17.4. The molecule has 0 spiro atoms. The Bertz CT molecular complexity index is 945. The second-order valence-electron chi connectivity index (χ2n) is 6.19. The second-order valence-corrected chi connectivity index (χ2v) is 7.22. The number of nitrogens with zero attached hydrogens (tertiary/aromatic N) is 2. The lowest BCUT2D eigenvalue weighted by molar-refractivity contribution is 0.1000. The summed E-state index contributed by atoms with van der Waals surface area (Å²) < 4.78 is 6.61. The van der Waals surface area contributed by atoms with Crippen LogP contribution in [-0.4, -0.2) is 37.2 Å². The van der Waals surface area contributed by atoms with Crippen molar-refractivity contribution in [2.75, 3.05) is 31.2 Å². The number of aryl methyl sites for hydroxylation is 1. The molecule has 5 nitrogen and oxygen atoms in total. The summed E-state index contributed by atoms with van der Waals surface area (Å²) in [7, 11) is 0. The van der Waals surface area contributed by atoms with Gasteiger partial charge in [0.15, 0.2) is 0 Å². The van der Waals surface area contributed by atoms with E-state index in [4.69, 9.17) is 15.5 Å². The monoisotopic (exact) mass is 353 g/mol. The largest absolute Gasteiger partial charge is 0.378 e. The van der Waals surface area contributed by atoms with Crippen molar-refractivity contribution >= 4 is 33.1 Å². The van der Waals surface area contributed by atoms with Crippen LogP contribution in [0.25, 0.3) is 20.8 Å². The Morgan fingerprint density at radius 2 is 2.00 bits per heavy atom. The van der Waals surface area contributed by atoms with Gasteiger partial charge in [0.05, 0.1) is 23.4 Å². The van der Waals surface area contributed by atoms with E-state index in [0.29, 0.717) is 18.8 Å². The van der Waals surface area contributed by atoms with Gasteiger partial charge < -0.3 is 15.4 Å². The number of nitrogens with two attached hydrogens (primary N) is 1. The zero-order valence-electron chi connectivity index (χ0n) is 14.0. The molecular formula is C19H19N3O2S. The molecule has 2 heterocycles. The first-order valence-corrected chi connectivity index (χ1v) is 9.07. The second kappa shape index (κ2) is 6.46. The summed E-state index contributed by atoms with van der Waals surface area (Å²) in [6.07, 6.45) is 0. The van der Waals surface area contributed by atoms with Crippen LogP contribution in [0.2, 0.25) is 0 Å². The van der Waals surface area contributed by atoms with Crippen molar-refractivity contribution in [1.29, 1.82) is 0 Å². The van der Waals surface area contributed by atoms with Crippen LogP contribution < -0.4 is 10.6 Å². The Labute approximate surface area is 150 Å². The van der Waals surface area contributed by atoms with Crippen LogP contribution in [0.3, 0.4) is 0 Å². The number of morpholine rings is 1. The number of carbonyl (C=O) groups excluding carboxylic acids is 1. The summed E-state index contributed by atoms with van der Waals surface area (Å²) in [6, 6.07) is 11.9. The number of amides is 1. The number of aromatic nitrogens is 1. The van der Waals surface area contributed by atoms with Gasteiger partial charge in [-0.15, -0.1) is 11.3 Å². The molecule has 0 aliphatic carbocycles. The van der Waals surface area contributed by atoms with E-state index < -0.39 is 5.91 Å². The van der Waals surface area contributed by atoms with E-state index in [9.17, 15) is 4.79 Å². The molecular weight excluding hydrogens is 334 g/mol. The van der Waals surface area contributed by atoms with Crippen molar-refractivity contribution in [1.82, 2.24) is 4.98 Å². The van der Waals surface area contributed by atoms with Crippen molar-refractivity contribution in [3.63, 3.8) is 0 Å². The molecule has 1 aliphatic heterocycles. The number of anilines is 1. The average molecular weight is 353 g/mol. The lowest BCUT2D eigenvalue weighted by Crippen LogP contribution is -2.36. The minimum absolute atomic E-state index is 0.424. The number of primary amides is 1. The predicted octanol–water partition coefficient (Wildman–Crippen LogP) is 3.21. The molecule has 4 rings (SSSR count). The summed E-state index contributed by atoms with van der Waals surface area (Å²) >= 11 is 1.64. The van der Waals surface area contributed by atoms with Crippen molar-refractivity contribution < 1.29 is 9.53 Å². The topological polar surface area (TPSA) is 68.5 Å². The summed E-state index contributed by atoms with van der Waals surface area (Å²) in [4.78, 5) is 18.7. The molecule has 3 aromatic rings. The first-order chi connectivity index (χ1) is 12.1. The Balaban J connectivity index is 1.86. The smallest absolute Gasteiger partial charge is 0.248 e. The Kier molecular flexibility index (Phi) is 4.15. The van der Waals surface area contributed by atoms with Gasteiger partial charge in [-0.3, -0.25) is 4.79 Å². The number of thiazole rings is 1. The number of hydrogen-bond acceptors (Lipinski definition) is 5. The van der Waals surface area contributed by atoms with E-state index >= 15 is 0 Å². The number of carbonyl (C=O) groups is 1. The fourth-order valence-electron chi connectivity index (χ4n) is 3.09. The molecule has 2 N–H and O–H groups in total. The Morgan fingerprint density at radius 3 is 2.76 bits per heavy atom. The lowest BCUT2D eigenvalue weighted by atomic mass is 10.1. The molecule has 2 aromatic carbocycles. The number of rotatable bonds is 3. The molecule has 0 unspecified atom stereocenters. The van der Waals surface area contributed by atoms with Gasteiger partial charge in [-0.1, -0.05) is 6.07 Å². The quantitative estimate of drug-likeness (QED) is 0.785. The van der Waals surface area contributed by atoms with Crippen molar-refractivity contribution in [3.05, 3.63) is 47.5 Å². The van der Waals surface area contributed by atoms with E-state index in [1.807, 2.05) is 18.2 Å². The standard InChI is InChI=1S/C19H19N3O2S/c1-12-2-4-15-17(10-12)25-19(21-15)14-11-13(18(20)23)3-5-16(14)22-6-8-24-9-7-22/h2-5,10-11H,6-9H2,1H3,(H2,20,23). The summed E-state index contributed by atoms with van der Waals surface area (Å²) in [6.45, 7) is 5.14. The number of fused-ring (bicyclic) bond motifs is 1. The molecule has 25 heavy (non-hydrogen) atoms. The van der Waals surface area contributed by atoms with Crippen LogP contribution in [0.5, 0.6) is 0 Å². The fourth-order valence-corrected chi connectivity index (χ4v) is 4.18. The maximum atomic E-state index is 11.7. The predicted molar refractivity (Wildman–Crippen MR) is 101 cm³/mol. The highest BCUT2D eigenvalue weighted by Gasteiger charge is 2.19. The van der Waals surface area contributed by atoms with Gasteiger partial charge >= 0.3 is 0 Å². The minimum atomic E-state index is -0.424. The van der Waals surface area contributed by atoms with Crippen LogP contribution in [0.4, 0.5) is 5.69 Å². The number of ether oxygens (including phenoxy) is 1. The van der Waals surface area contributed by atoms with Gasteiger partial charge in [0.1, 0.15) is 5.01 Å². The highest BCUT2D eigenvalue weighted by molar-refractivity contribution is 7.21. The van der Waals surface area contributed by atoms with Gasteiger partial charge in [0, 0.05) is 29.9 Å². The number of benzene rings is 2. The lowest BCUT2D eigenvalue weighted by Gasteiger charge is -2.30. The first-order valence-electron chi connectivity index (χ1n) is 8.26. The van der Waals surface area contributed by atoms with E-state index in [1.165, 1.54) is 5.56 Å². The van der Waals surface area contributed by atoms with E-state index in [1.54, 1.807) is 17.4 Å². The molecule has 0 atom stereocenters. The van der Waals surface area contributed by atoms with Gasteiger partial charge in [-0.25, -0.2) is 4.98 Å². The van der Waals surface area contributed by atoms with Gasteiger partial charge in [0.2, 0.25) is 5.91 Å². The minimum Gasteiger partial charge on any atom is -0.378 e. The highest BCUT2D eigenvalue weighted by Crippen LogP contribution is 2.37. The van der Waals surface area contributed by atoms with Gasteiger partial charge in [0.25, 0.3) is 0 Å². The molecule has 6 heteroatoms. The van der Waals surface area contributed by atoms with Crippen molar-refractivity contribution in [2.24, 2.45) is 5.73 Å². The molecule has 0 radical (unpaired) electrons. The molecule has 1 aliphatic rings. The maximum Gasteiger partial charge on any atom is 0.248 e. The molecule has 1 fully saturated rings. The summed E-state index contributed by atoms with van der Waals surface area (Å²) in [5, 5.41) is 0.908.